The second-order valence-corrected chi connectivity index (χ2v) is 9.63. The minimum atomic E-state index is 0.120. The minimum absolute atomic E-state index is 0.120. The van der Waals surface area contributed by atoms with Crippen molar-refractivity contribution in [2.75, 3.05) is 18.8 Å². The predicted octanol–water partition coefficient (Wildman–Crippen LogP) is 5.66. The average Bonchev–Trinajstić information content (AvgIpc) is 3.24. The molecule has 0 radical (unpaired) electrons. The van der Waals surface area contributed by atoms with Crippen LogP contribution in [0.1, 0.15) is 45.3 Å². The van der Waals surface area contributed by atoms with Crippen LogP contribution in [0.2, 0.25) is 0 Å². The van der Waals surface area contributed by atoms with Crippen LogP contribution in [0.25, 0.3) is 22.2 Å². The average molecular weight is 494 g/mol. The summed E-state index contributed by atoms with van der Waals surface area (Å²) in [6.07, 6.45) is 3.25. The molecule has 0 atom stereocenters. The number of para-hydroxylation sites is 1. The van der Waals surface area contributed by atoms with Crippen LogP contribution in [0.15, 0.2) is 60.9 Å². The lowest BCUT2D eigenvalue weighted by atomic mass is 9.96. The molecule has 1 saturated heterocycles. The number of likely N-dealkylation sites (tertiary alicyclic amines) is 1. The third kappa shape index (κ3) is 5.01. The SMILES string of the molecule is CC(=O)N1CCC(C#Cc2c(-c3ccc(Oc4ccccc4)cc3)c3c(N)ncnc3n2C(C)C)CC1. The Morgan fingerprint density at radius 1 is 1.03 bits per heavy atom. The Labute approximate surface area is 217 Å². The van der Waals surface area contributed by atoms with Gasteiger partial charge in [-0.05, 0) is 62.4 Å². The molecule has 0 unspecified atom stereocenters. The number of nitrogen functional groups attached to an aromatic ring is 1. The van der Waals surface area contributed by atoms with Gasteiger partial charge < -0.3 is 19.9 Å². The fourth-order valence-electron chi connectivity index (χ4n) is 4.89. The topological polar surface area (TPSA) is 86.3 Å². The van der Waals surface area contributed by atoms with Crippen molar-refractivity contribution in [3.8, 4) is 34.5 Å². The van der Waals surface area contributed by atoms with Crippen LogP contribution >= 0.6 is 0 Å². The van der Waals surface area contributed by atoms with Crippen LogP contribution in [-0.4, -0.2) is 38.4 Å². The molecule has 37 heavy (non-hydrogen) atoms. The normalized spacial score (nSPS) is 14.0. The van der Waals surface area contributed by atoms with Gasteiger partial charge in [0.2, 0.25) is 5.91 Å². The monoisotopic (exact) mass is 493 g/mol. The number of hydrogen-bond acceptors (Lipinski definition) is 5. The molecular formula is C30H31N5O2. The number of nitrogens with two attached hydrogens (primary N) is 1. The van der Waals surface area contributed by atoms with Gasteiger partial charge in [-0.1, -0.05) is 36.3 Å². The minimum Gasteiger partial charge on any atom is -0.457 e. The molecule has 1 aliphatic rings. The Kier molecular flexibility index (Phi) is 6.82. The molecule has 7 nitrogen and oxygen atoms in total. The zero-order chi connectivity index (χ0) is 25.9. The van der Waals surface area contributed by atoms with Crippen molar-refractivity contribution in [2.24, 2.45) is 5.92 Å². The van der Waals surface area contributed by atoms with E-state index in [-0.39, 0.29) is 17.9 Å². The molecule has 188 valence electrons. The number of fused-ring (bicyclic) bond motifs is 1. The van der Waals surface area contributed by atoms with Gasteiger partial charge in [-0.15, -0.1) is 0 Å². The number of amides is 1. The Bertz CT molecular complexity index is 1470. The Morgan fingerprint density at radius 3 is 2.35 bits per heavy atom. The van der Waals surface area contributed by atoms with Gasteiger partial charge in [0, 0.05) is 37.5 Å². The number of carbonyl (C=O) groups is 1. The maximum atomic E-state index is 11.7. The van der Waals surface area contributed by atoms with Gasteiger partial charge in [0.1, 0.15) is 35.0 Å². The fraction of sp³-hybridized carbons (Fsp3) is 0.300. The van der Waals surface area contributed by atoms with E-state index in [1.807, 2.05) is 59.5 Å². The van der Waals surface area contributed by atoms with Crippen LogP contribution in [0.4, 0.5) is 5.82 Å². The summed E-state index contributed by atoms with van der Waals surface area (Å²) in [5, 5.41) is 0.809. The molecule has 1 amide bonds. The van der Waals surface area contributed by atoms with E-state index in [0.717, 1.165) is 65.3 Å². The van der Waals surface area contributed by atoms with Crippen LogP contribution in [-0.2, 0) is 4.79 Å². The largest absolute Gasteiger partial charge is 0.457 e. The first kappa shape index (κ1) is 24.4. The van der Waals surface area contributed by atoms with E-state index >= 15 is 0 Å². The number of anilines is 1. The number of rotatable bonds is 4. The highest BCUT2D eigenvalue weighted by molar-refractivity contribution is 6.03. The van der Waals surface area contributed by atoms with E-state index in [1.54, 1.807) is 6.92 Å². The standard InChI is InChI=1S/C30H31N5O2/c1-20(2)35-26(14-9-22-15-17-34(18-16-22)21(3)36)27(28-29(31)32-19-33-30(28)35)23-10-12-25(13-11-23)37-24-7-5-4-6-8-24/h4-8,10-13,19-20,22H,15-18H2,1-3H3,(H2,31,32,33). The van der Waals surface area contributed by atoms with Gasteiger partial charge in [-0.25, -0.2) is 9.97 Å². The number of hydrogen-bond donors (Lipinski definition) is 1. The maximum Gasteiger partial charge on any atom is 0.219 e. The summed E-state index contributed by atoms with van der Waals surface area (Å²) in [6.45, 7) is 7.36. The highest BCUT2D eigenvalue weighted by Gasteiger charge is 2.24. The zero-order valence-corrected chi connectivity index (χ0v) is 21.4. The molecule has 0 saturated carbocycles. The number of piperidine rings is 1. The van der Waals surface area contributed by atoms with E-state index in [1.165, 1.54) is 6.33 Å². The molecule has 5 rings (SSSR count). The number of ether oxygens (including phenoxy) is 1. The number of aromatic nitrogens is 3. The smallest absolute Gasteiger partial charge is 0.219 e. The molecule has 0 bridgehead atoms. The Balaban J connectivity index is 1.57. The molecule has 2 aromatic heterocycles. The highest BCUT2D eigenvalue weighted by Crippen LogP contribution is 2.39. The van der Waals surface area contributed by atoms with Crippen molar-refractivity contribution in [3.05, 3.63) is 66.6 Å². The maximum absolute atomic E-state index is 11.7. The van der Waals surface area contributed by atoms with Gasteiger partial charge in [-0.3, -0.25) is 4.79 Å². The van der Waals surface area contributed by atoms with Crippen LogP contribution in [0.5, 0.6) is 11.5 Å². The van der Waals surface area contributed by atoms with E-state index in [9.17, 15) is 4.79 Å². The van der Waals surface area contributed by atoms with E-state index in [4.69, 9.17) is 10.5 Å². The van der Waals surface area contributed by atoms with Gasteiger partial charge in [0.15, 0.2) is 0 Å². The van der Waals surface area contributed by atoms with E-state index in [2.05, 4.69) is 40.2 Å². The number of benzene rings is 2. The summed E-state index contributed by atoms with van der Waals surface area (Å²) in [7, 11) is 0. The van der Waals surface area contributed by atoms with E-state index < -0.39 is 0 Å². The second-order valence-electron chi connectivity index (χ2n) is 9.63. The third-order valence-corrected chi connectivity index (χ3v) is 6.79. The summed E-state index contributed by atoms with van der Waals surface area (Å²) < 4.78 is 8.14. The van der Waals surface area contributed by atoms with Crippen LogP contribution < -0.4 is 10.5 Å². The van der Waals surface area contributed by atoms with Crippen molar-refractivity contribution in [3.63, 3.8) is 0 Å². The van der Waals surface area contributed by atoms with Crippen molar-refractivity contribution < 1.29 is 9.53 Å². The van der Waals surface area contributed by atoms with Gasteiger partial charge in [0.05, 0.1) is 5.39 Å². The summed E-state index contributed by atoms with van der Waals surface area (Å²) in [6, 6.07) is 17.8. The molecule has 0 aliphatic carbocycles. The van der Waals surface area contributed by atoms with Gasteiger partial charge >= 0.3 is 0 Å². The quantitative estimate of drug-likeness (QED) is 0.371. The molecule has 4 aromatic rings. The first-order valence-corrected chi connectivity index (χ1v) is 12.7. The summed E-state index contributed by atoms with van der Waals surface area (Å²) in [5.74, 6) is 9.33. The molecule has 1 fully saturated rings. The molecule has 1 aliphatic heterocycles. The molecule has 7 heteroatoms. The predicted molar refractivity (Wildman–Crippen MR) is 146 cm³/mol. The second kappa shape index (κ2) is 10.4. The highest BCUT2D eigenvalue weighted by atomic mass is 16.5. The fourth-order valence-corrected chi connectivity index (χ4v) is 4.89. The first-order chi connectivity index (χ1) is 17.9. The third-order valence-electron chi connectivity index (χ3n) is 6.79. The number of carbonyl (C=O) groups excluding carboxylic acids is 1. The van der Waals surface area contributed by atoms with Crippen molar-refractivity contribution in [2.45, 2.75) is 39.7 Å². The molecule has 2 N–H and O–H groups in total. The van der Waals surface area contributed by atoms with Crippen molar-refractivity contribution in [1.82, 2.24) is 19.4 Å². The first-order valence-electron chi connectivity index (χ1n) is 12.7. The summed E-state index contributed by atoms with van der Waals surface area (Å²) in [4.78, 5) is 22.5. The molecule has 0 spiro atoms. The Morgan fingerprint density at radius 2 is 1.70 bits per heavy atom. The van der Waals surface area contributed by atoms with Gasteiger partial charge in [0.25, 0.3) is 0 Å². The van der Waals surface area contributed by atoms with Crippen molar-refractivity contribution in [1.29, 1.82) is 0 Å². The lowest BCUT2D eigenvalue weighted by Gasteiger charge is -2.28. The summed E-state index contributed by atoms with van der Waals surface area (Å²) in [5.41, 5.74) is 9.98. The molecular weight excluding hydrogens is 462 g/mol. The summed E-state index contributed by atoms with van der Waals surface area (Å²) >= 11 is 0. The van der Waals surface area contributed by atoms with Crippen LogP contribution in [0.3, 0.4) is 0 Å². The van der Waals surface area contributed by atoms with Crippen LogP contribution in [0, 0.1) is 17.8 Å². The van der Waals surface area contributed by atoms with Crippen molar-refractivity contribution >= 4 is 22.8 Å². The van der Waals surface area contributed by atoms with Gasteiger partial charge in [-0.2, -0.15) is 0 Å². The lowest BCUT2D eigenvalue weighted by Crippen LogP contribution is -2.36. The molecule has 3 heterocycles. The lowest BCUT2D eigenvalue weighted by molar-refractivity contribution is -0.129. The number of nitrogens with zero attached hydrogens (tertiary/aromatic N) is 4. The zero-order valence-electron chi connectivity index (χ0n) is 21.4. The molecule has 2 aromatic carbocycles. The Hall–Kier alpha value is -4.31. The van der Waals surface area contributed by atoms with E-state index in [0.29, 0.717) is 5.82 Å².